The molecular weight excluding hydrogens is 444 g/mol. The van der Waals surface area contributed by atoms with Crippen LogP contribution in [0, 0.1) is 12.8 Å². The van der Waals surface area contributed by atoms with Crippen LogP contribution in [0.5, 0.6) is 0 Å². The van der Waals surface area contributed by atoms with Crippen LogP contribution in [0.1, 0.15) is 15.9 Å². The van der Waals surface area contributed by atoms with Gasteiger partial charge < -0.3 is 5.32 Å². The lowest BCUT2D eigenvalue weighted by molar-refractivity contribution is -0.130. The maximum atomic E-state index is 12.8. The Morgan fingerprint density at radius 1 is 1.21 bits per heavy atom. The lowest BCUT2D eigenvalue weighted by atomic mass is 10.1. The van der Waals surface area contributed by atoms with Crippen molar-refractivity contribution in [1.82, 2.24) is 10.7 Å². The van der Waals surface area contributed by atoms with E-state index in [4.69, 9.17) is 12.2 Å². The van der Waals surface area contributed by atoms with Gasteiger partial charge in [0.05, 0.1) is 11.3 Å². The SMILES string of the molecule is Cc1ccc(N2C(=O)[C@@H](/C=N/NC(=O)c3ccccc3Br)C(=O)NC2=S)cc1. The molecular formula is C19H15BrN4O3S. The van der Waals surface area contributed by atoms with Gasteiger partial charge in [0.1, 0.15) is 0 Å². The standard InChI is InChI=1S/C19H15BrN4O3S/c1-11-6-8-12(9-7-11)24-18(27)14(16(25)22-19(24)28)10-21-23-17(26)13-4-2-3-5-15(13)20/h2-10,14H,1H3,(H,23,26)(H,22,25,28)/b21-10+/t14-/m0/s1. The smallest absolute Gasteiger partial charge is 0.272 e. The number of thiocarbonyl (C=S) groups is 1. The van der Waals surface area contributed by atoms with Crippen molar-refractivity contribution in [2.24, 2.45) is 11.0 Å². The van der Waals surface area contributed by atoms with Crippen LogP contribution in [0.3, 0.4) is 0 Å². The Bertz CT molecular complexity index is 991. The molecule has 2 aromatic carbocycles. The van der Waals surface area contributed by atoms with Gasteiger partial charge in [0, 0.05) is 10.7 Å². The molecule has 28 heavy (non-hydrogen) atoms. The first-order valence-corrected chi connectivity index (χ1v) is 9.42. The fourth-order valence-corrected chi connectivity index (χ4v) is 3.30. The summed E-state index contributed by atoms with van der Waals surface area (Å²) in [5.41, 5.74) is 4.26. The van der Waals surface area contributed by atoms with E-state index in [0.29, 0.717) is 15.7 Å². The number of amides is 3. The van der Waals surface area contributed by atoms with Gasteiger partial charge >= 0.3 is 0 Å². The number of aryl methyl sites for hydroxylation is 1. The average molecular weight is 459 g/mol. The summed E-state index contributed by atoms with van der Waals surface area (Å²) in [7, 11) is 0. The molecule has 0 saturated carbocycles. The van der Waals surface area contributed by atoms with Gasteiger partial charge in [-0.05, 0) is 59.3 Å². The van der Waals surface area contributed by atoms with Crippen molar-refractivity contribution in [3.05, 3.63) is 64.1 Å². The molecule has 9 heteroatoms. The third kappa shape index (κ3) is 4.15. The van der Waals surface area contributed by atoms with Gasteiger partial charge in [0.2, 0.25) is 5.91 Å². The van der Waals surface area contributed by atoms with Gasteiger partial charge in [-0.15, -0.1) is 0 Å². The topological polar surface area (TPSA) is 90.9 Å². The minimum Gasteiger partial charge on any atom is -0.301 e. The monoisotopic (exact) mass is 458 g/mol. The van der Waals surface area contributed by atoms with Crippen molar-refractivity contribution < 1.29 is 14.4 Å². The maximum absolute atomic E-state index is 12.8. The van der Waals surface area contributed by atoms with E-state index >= 15 is 0 Å². The van der Waals surface area contributed by atoms with Crippen LogP contribution < -0.4 is 15.6 Å². The normalized spacial score (nSPS) is 17.0. The molecule has 1 aliphatic heterocycles. The molecule has 0 bridgehead atoms. The summed E-state index contributed by atoms with van der Waals surface area (Å²) in [6.07, 6.45) is 1.09. The molecule has 2 aromatic rings. The van der Waals surface area contributed by atoms with Crippen LogP contribution in [-0.4, -0.2) is 29.0 Å². The molecule has 2 N–H and O–H groups in total. The van der Waals surface area contributed by atoms with Gasteiger partial charge in [-0.2, -0.15) is 5.10 Å². The second kappa shape index (κ2) is 8.41. The van der Waals surface area contributed by atoms with Gasteiger partial charge in [-0.25, -0.2) is 5.43 Å². The zero-order chi connectivity index (χ0) is 20.3. The predicted molar refractivity (Wildman–Crippen MR) is 113 cm³/mol. The lowest BCUT2D eigenvalue weighted by Crippen LogP contribution is -2.58. The first-order valence-electron chi connectivity index (χ1n) is 8.22. The Morgan fingerprint density at radius 3 is 2.57 bits per heavy atom. The Labute approximate surface area is 174 Å². The Balaban J connectivity index is 1.76. The lowest BCUT2D eigenvalue weighted by Gasteiger charge is -2.30. The van der Waals surface area contributed by atoms with Crippen molar-refractivity contribution in [2.75, 3.05) is 4.90 Å². The highest BCUT2D eigenvalue weighted by atomic mass is 79.9. The predicted octanol–water partition coefficient (Wildman–Crippen LogP) is 2.54. The van der Waals surface area contributed by atoms with Gasteiger partial charge in [0.15, 0.2) is 11.0 Å². The maximum Gasteiger partial charge on any atom is 0.272 e. The molecule has 0 radical (unpaired) electrons. The van der Waals surface area contributed by atoms with E-state index < -0.39 is 23.6 Å². The highest BCUT2D eigenvalue weighted by molar-refractivity contribution is 9.10. The summed E-state index contributed by atoms with van der Waals surface area (Å²) >= 11 is 8.41. The van der Waals surface area contributed by atoms with Crippen molar-refractivity contribution >= 4 is 62.9 Å². The number of benzene rings is 2. The molecule has 1 saturated heterocycles. The summed E-state index contributed by atoms with van der Waals surface area (Å²) in [5.74, 6) is -2.83. The Hall–Kier alpha value is -2.91. The Morgan fingerprint density at radius 2 is 1.89 bits per heavy atom. The van der Waals surface area contributed by atoms with Crippen LogP contribution in [0.2, 0.25) is 0 Å². The number of rotatable bonds is 4. The second-order valence-corrected chi connectivity index (χ2v) is 7.22. The van der Waals surface area contributed by atoms with Crippen LogP contribution in [-0.2, 0) is 9.59 Å². The molecule has 142 valence electrons. The molecule has 0 aromatic heterocycles. The number of nitrogens with one attached hydrogen (secondary N) is 2. The van der Waals surface area contributed by atoms with E-state index in [1.165, 1.54) is 4.90 Å². The Kier molecular flexibility index (Phi) is 5.96. The third-order valence-corrected chi connectivity index (χ3v) is 4.98. The fourth-order valence-electron chi connectivity index (χ4n) is 2.54. The highest BCUT2D eigenvalue weighted by Crippen LogP contribution is 2.21. The summed E-state index contributed by atoms with van der Waals surface area (Å²) in [4.78, 5) is 38.4. The average Bonchev–Trinajstić information content (AvgIpc) is 2.66. The van der Waals surface area contributed by atoms with E-state index in [-0.39, 0.29) is 5.11 Å². The number of halogens is 1. The zero-order valence-electron chi connectivity index (χ0n) is 14.7. The number of hydrazone groups is 1. The van der Waals surface area contributed by atoms with Crippen LogP contribution in [0.25, 0.3) is 0 Å². The summed E-state index contributed by atoms with van der Waals surface area (Å²) in [5, 5.41) is 6.27. The minimum absolute atomic E-state index is 0.000699. The minimum atomic E-state index is -1.22. The number of hydrogen-bond acceptors (Lipinski definition) is 5. The van der Waals surface area contributed by atoms with E-state index in [9.17, 15) is 14.4 Å². The van der Waals surface area contributed by atoms with Crippen molar-refractivity contribution in [3.8, 4) is 0 Å². The number of carbonyl (C=O) groups is 3. The highest BCUT2D eigenvalue weighted by Gasteiger charge is 2.38. The molecule has 1 aliphatic rings. The van der Waals surface area contributed by atoms with E-state index in [2.05, 4.69) is 31.8 Å². The molecule has 3 rings (SSSR count). The van der Waals surface area contributed by atoms with E-state index in [1.54, 1.807) is 36.4 Å². The number of nitrogens with zero attached hydrogens (tertiary/aromatic N) is 2. The van der Waals surface area contributed by atoms with Gasteiger partial charge in [0.25, 0.3) is 11.8 Å². The molecule has 0 spiro atoms. The van der Waals surface area contributed by atoms with E-state index in [0.717, 1.165) is 11.8 Å². The largest absolute Gasteiger partial charge is 0.301 e. The molecule has 0 aliphatic carbocycles. The fraction of sp³-hybridized carbons (Fsp3) is 0.105. The molecule has 1 heterocycles. The second-order valence-electron chi connectivity index (χ2n) is 5.98. The molecule has 1 atom stereocenters. The van der Waals surface area contributed by atoms with Crippen LogP contribution in [0.15, 0.2) is 58.1 Å². The van der Waals surface area contributed by atoms with Crippen molar-refractivity contribution in [2.45, 2.75) is 6.92 Å². The number of hydrogen-bond donors (Lipinski definition) is 2. The first kappa shape index (κ1) is 19.8. The third-order valence-electron chi connectivity index (χ3n) is 4.00. The van der Waals surface area contributed by atoms with Crippen LogP contribution in [0.4, 0.5) is 5.69 Å². The van der Waals surface area contributed by atoms with E-state index in [1.807, 2.05) is 19.1 Å². The summed E-state index contributed by atoms with van der Waals surface area (Å²) in [6, 6.07) is 14.0. The first-order chi connectivity index (χ1) is 13.4. The number of anilines is 1. The van der Waals surface area contributed by atoms with Crippen molar-refractivity contribution in [3.63, 3.8) is 0 Å². The molecule has 0 unspecified atom stereocenters. The van der Waals surface area contributed by atoms with Crippen molar-refractivity contribution in [1.29, 1.82) is 0 Å². The summed E-state index contributed by atoms with van der Waals surface area (Å²) < 4.78 is 0.602. The molecule has 3 amide bonds. The van der Waals surface area contributed by atoms with Gasteiger partial charge in [-0.1, -0.05) is 29.8 Å². The quantitative estimate of drug-likeness (QED) is 0.318. The van der Waals surface area contributed by atoms with Gasteiger partial charge in [-0.3, -0.25) is 19.3 Å². The number of carbonyl (C=O) groups excluding carboxylic acids is 3. The zero-order valence-corrected chi connectivity index (χ0v) is 17.1. The molecule has 7 nitrogen and oxygen atoms in total. The van der Waals surface area contributed by atoms with Crippen LogP contribution >= 0.6 is 28.1 Å². The molecule has 1 fully saturated rings. The summed E-state index contributed by atoms with van der Waals surface area (Å²) in [6.45, 7) is 1.92.